The van der Waals surface area contributed by atoms with Crippen LogP contribution < -0.4 is 0 Å². The molecule has 1 aliphatic rings. The fourth-order valence-electron chi connectivity index (χ4n) is 7.82. The average Bonchev–Trinajstić information content (AvgIpc) is 3.51. The summed E-state index contributed by atoms with van der Waals surface area (Å²) in [5, 5.41) is 2.35. The minimum absolute atomic E-state index is 1.15. The third-order valence-corrected chi connectivity index (χ3v) is 10.1. The largest absolute Gasteiger partial charge is 0.309 e. The molecule has 0 N–H and O–H groups in total. The van der Waals surface area contributed by atoms with E-state index in [2.05, 4.69) is 179 Å². The van der Waals surface area contributed by atoms with E-state index in [1.54, 1.807) is 0 Å². The van der Waals surface area contributed by atoms with E-state index >= 15 is 0 Å². The molecular formula is C47H30N2. The first kappa shape index (κ1) is 27.6. The third-order valence-electron chi connectivity index (χ3n) is 10.1. The van der Waals surface area contributed by atoms with Crippen LogP contribution in [0.15, 0.2) is 182 Å². The van der Waals surface area contributed by atoms with Crippen molar-refractivity contribution in [2.45, 2.75) is 0 Å². The molecule has 1 aliphatic carbocycles. The van der Waals surface area contributed by atoms with Crippen LogP contribution in [0.1, 0.15) is 0 Å². The molecular weight excluding hydrogens is 593 g/mol. The molecule has 9 aromatic rings. The maximum absolute atomic E-state index is 4.50. The summed E-state index contributed by atoms with van der Waals surface area (Å²) in [6.07, 6.45) is 3.87. The van der Waals surface area contributed by atoms with Gasteiger partial charge >= 0.3 is 0 Å². The van der Waals surface area contributed by atoms with Gasteiger partial charge in [0.05, 0.1) is 11.0 Å². The molecule has 0 fully saturated rings. The molecule has 2 heteroatoms. The van der Waals surface area contributed by atoms with Crippen LogP contribution in [0.5, 0.6) is 0 Å². The molecule has 0 saturated heterocycles. The van der Waals surface area contributed by atoms with Crippen LogP contribution in [-0.4, -0.2) is 9.55 Å². The van der Waals surface area contributed by atoms with Crippen molar-refractivity contribution < 1.29 is 0 Å². The number of aromatic nitrogens is 2. The minimum atomic E-state index is 1.15. The zero-order valence-electron chi connectivity index (χ0n) is 26.7. The predicted molar refractivity (Wildman–Crippen MR) is 205 cm³/mol. The normalized spacial score (nSPS) is 11.7. The summed E-state index contributed by atoms with van der Waals surface area (Å²) in [5.74, 6) is 0. The number of rotatable bonds is 3. The summed E-state index contributed by atoms with van der Waals surface area (Å²) in [6, 6.07) is 61.9. The summed E-state index contributed by atoms with van der Waals surface area (Å²) in [4.78, 5) is 4.50. The van der Waals surface area contributed by atoms with Gasteiger partial charge in [0.15, 0.2) is 0 Å². The van der Waals surface area contributed by atoms with E-state index in [-0.39, 0.29) is 0 Å². The average molecular weight is 623 g/mol. The van der Waals surface area contributed by atoms with Gasteiger partial charge in [0, 0.05) is 28.9 Å². The van der Waals surface area contributed by atoms with Crippen LogP contribution in [0, 0.1) is 0 Å². The Morgan fingerprint density at radius 2 is 0.816 bits per heavy atom. The summed E-state index contributed by atoms with van der Waals surface area (Å²) in [5.41, 5.74) is 18.4. The summed E-state index contributed by atoms with van der Waals surface area (Å²) < 4.78 is 2.33. The zero-order valence-corrected chi connectivity index (χ0v) is 26.7. The van der Waals surface area contributed by atoms with Crippen molar-refractivity contribution in [3.8, 4) is 72.4 Å². The quantitative estimate of drug-likeness (QED) is 0.192. The van der Waals surface area contributed by atoms with Gasteiger partial charge in [-0.15, -0.1) is 0 Å². The lowest BCUT2D eigenvalue weighted by molar-refractivity contribution is 1.17. The second-order valence-electron chi connectivity index (χ2n) is 12.8. The lowest BCUT2D eigenvalue weighted by Gasteiger charge is -2.23. The van der Waals surface area contributed by atoms with Crippen molar-refractivity contribution in [3.63, 3.8) is 0 Å². The number of para-hydroxylation sites is 1. The molecule has 2 nitrogen and oxygen atoms in total. The standard InChI is InChI=1S/C47H30N2/c1-2-13-35(14-3-1)49-46-24-22-34(29-44(46)45-30-48-26-25-47(45)49)32-12-10-11-31(27-32)33-21-23-42-40-19-7-6-17-38(40)36-15-4-5-16-37(36)39-18-8-9-20-41(39)43(42)28-33/h1-30H. The second-order valence-corrected chi connectivity index (χ2v) is 12.8. The van der Waals surface area contributed by atoms with Gasteiger partial charge in [-0.3, -0.25) is 4.98 Å². The SMILES string of the molecule is c1ccc(-n2c3ccncc3c3cc(-c4cccc(-c5ccc6c(c5)-c5ccccc5-c5ccccc5-c5ccccc5-6)c4)ccc32)cc1. The molecule has 0 bridgehead atoms. The summed E-state index contributed by atoms with van der Waals surface area (Å²) in [6.45, 7) is 0. The van der Waals surface area contributed by atoms with E-state index in [0.29, 0.717) is 0 Å². The van der Waals surface area contributed by atoms with Gasteiger partial charge in [-0.05, 0) is 109 Å². The Hall–Kier alpha value is -6.51. The smallest absolute Gasteiger partial charge is 0.0571 e. The summed E-state index contributed by atoms with van der Waals surface area (Å²) >= 11 is 0. The fourth-order valence-corrected chi connectivity index (χ4v) is 7.82. The molecule has 228 valence electrons. The van der Waals surface area contributed by atoms with Gasteiger partial charge in [0.1, 0.15) is 0 Å². The number of hydrogen-bond acceptors (Lipinski definition) is 1. The maximum atomic E-state index is 4.50. The van der Waals surface area contributed by atoms with E-state index in [1.165, 1.54) is 77.7 Å². The highest BCUT2D eigenvalue weighted by Crippen LogP contribution is 2.48. The van der Waals surface area contributed by atoms with Crippen molar-refractivity contribution in [2.75, 3.05) is 0 Å². The van der Waals surface area contributed by atoms with Crippen molar-refractivity contribution in [3.05, 3.63) is 182 Å². The lowest BCUT2D eigenvalue weighted by Crippen LogP contribution is -1.97. The van der Waals surface area contributed by atoms with Crippen LogP contribution in [0.3, 0.4) is 0 Å². The first-order chi connectivity index (χ1) is 24.3. The number of fused-ring (bicyclic) bond motifs is 11. The Balaban J connectivity index is 1.13. The van der Waals surface area contributed by atoms with E-state index in [4.69, 9.17) is 0 Å². The molecule has 0 spiro atoms. The van der Waals surface area contributed by atoms with Crippen LogP contribution in [-0.2, 0) is 0 Å². The van der Waals surface area contributed by atoms with Crippen molar-refractivity contribution in [2.24, 2.45) is 0 Å². The molecule has 2 aromatic heterocycles. The molecule has 7 aromatic carbocycles. The minimum Gasteiger partial charge on any atom is -0.309 e. The number of hydrogen-bond donors (Lipinski definition) is 0. The molecule has 0 amide bonds. The lowest BCUT2D eigenvalue weighted by atomic mass is 9.80. The van der Waals surface area contributed by atoms with Crippen LogP contribution in [0.4, 0.5) is 0 Å². The molecule has 0 radical (unpaired) electrons. The van der Waals surface area contributed by atoms with Crippen LogP contribution in [0.25, 0.3) is 94.3 Å². The first-order valence-electron chi connectivity index (χ1n) is 16.8. The molecule has 0 unspecified atom stereocenters. The zero-order chi connectivity index (χ0) is 32.3. The van der Waals surface area contributed by atoms with E-state index in [9.17, 15) is 0 Å². The second kappa shape index (κ2) is 11.0. The molecule has 10 rings (SSSR count). The Bertz CT molecular complexity index is 2710. The highest BCUT2D eigenvalue weighted by molar-refractivity contribution is 6.10. The Labute approximate surface area is 285 Å². The van der Waals surface area contributed by atoms with Gasteiger partial charge < -0.3 is 4.57 Å². The fraction of sp³-hybridized carbons (Fsp3) is 0. The topological polar surface area (TPSA) is 17.8 Å². The highest BCUT2D eigenvalue weighted by atomic mass is 15.0. The Kier molecular flexibility index (Phi) is 6.22. The van der Waals surface area contributed by atoms with Crippen LogP contribution >= 0.6 is 0 Å². The van der Waals surface area contributed by atoms with Gasteiger partial charge in [-0.2, -0.15) is 0 Å². The monoisotopic (exact) mass is 622 g/mol. The van der Waals surface area contributed by atoms with Gasteiger partial charge in [-0.1, -0.05) is 127 Å². The number of benzene rings is 7. The molecule has 0 saturated carbocycles. The highest BCUT2D eigenvalue weighted by Gasteiger charge is 2.22. The van der Waals surface area contributed by atoms with E-state index < -0.39 is 0 Å². The number of pyridine rings is 1. The van der Waals surface area contributed by atoms with Gasteiger partial charge in [0.25, 0.3) is 0 Å². The predicted octanol–water partition coefficient (Wildman–Crippen LogP) is 12.5. The van der Waals surface area contributed by atoms with Crippen molar-refractivity contribution in [1.82, 2.24) is 9.55 Å². The van der Waals surface area contributed by atoms with E-state index in [1.807, 2.05) is 12.4 Å². The summed E-state index contributed by atoms with van der Waals surface area (Å²) in [7, 11) is 0. The Morgan fingerprint density at radius 3 is 1.45 bits per heavy atom. The van der Waals surface area contributed by atoms with Crippen molar-refractivity contribution in [1.29, 1.82) is 0 Å². The van der Waals surface area contributed by atoms with Gasteiger partial charge in [0.2, 0.25) is 0 Å². The van der Waals surface area contributed by atoms with Crippen LogP contribution in [0.2, 0.25) is 0 Å². The van der Waals surface area contributed by atoms with Gasteiger partial charge in [-0.25, -0.2) is 0 Å². The molecule has 49 heavy (non-hydrogen) atoms. The molecule has 0 atom stereocenters. The Morgan fingerprint density at radius 1 is 0.327 bits per heavy atom. The number of nitrogens with zero attached hydrogens (tertiary/aromatic N) is 2. The third kappa shape index (κ3) is 4.38. The van der Waals surface area contributed by atoms with E-state index in [0.717, 1.165) is 16.6 Å². The maximum Gasteiger partial charge on any atom is 0.0571 e. The molecule has 2 heterocycles. The van der Waals surface area contributed by atoms with Crippen molar-refractivity contribution >= 4 is 21.8 Å². The molecule has 0 aliphatic heterocycles. The first-order valence-corrected chi connectivity index (χ1v) is 16.8.